The summed E-state index contributed by atoms with van der Waals surface area (Å²) in [7, 11) is -3.44. The number of benzene rings is 1. The molecule has 0 bridgehead atoms. The molecule has 0 radical (unpaired) electrons. The predicted molar refractivity (Wildman–Crippen MR) is 98.1 cm³/mol. The Hall–Kier alpha value is -2.16. The number of hydrogen-bond donors (Lipinski definition) is 2. The molecule has 140 valence electrons. The lowest BCUT2D eigenvalue weighted by atomic mass is 10.2. The first-order valence-corrected chi connectivity index (χ1v) is 10.1. The fraction of sp³-hybridized carbons (Fsp3) is 0.389. The van der Waals surface area contributed by atoms with E-state index in [2.05, 4.69) is 10.6 Å². The monoisotopic (exact) mass is 377 g/mol. The van der Waals surface area contributed by atoms with Crippen molar-refractivity contribution in [2.24, 2.45) is 0 Å². The highest BCUT2D eigenvalue weighted by Crippen LogP contribution is 2.22. The van der Waals surface area contributed by atoms with E-state index in [4.69, 9.17) is 4.42 Å². The molecular weight excluding hydrogens is 354 g/mol. The predicted octanol–water partition coefficient (Wildman–Crippen LogP) is 2.18. The number of hydrogen-bond acceptors (Lipinski definition) is 5. The van der Waals surface area contributed by atoms with Crippen molar-refractivity contribution in [2.45, 2.75) is 37.2 Å². The number of nitrogens with zero attached hydrogens (tertiary/aromatic N) is 1. The normalized spacial score (nSPS) is 16.5. The maximum Gasteiger partial charge on any atom is 0.243 e. The summed E-state index contributed by atoms with van der Waals surface area (Å²) in [5.41, 5.74) is 0.557. The fourth-order valence-electron chi connectivity index (χ4n) is 2.80. The molecule has 0 saturated carbocycles. The number of furan rings is 1. The molecule has 1 aromatic carbocycles. The third-order valence-electron chi connectivity index (χ3n) is 4.38. The third kappa shape index (κ3) is 4.32. The van der Waals surface area contributed by atoms with Crippen molar-refractivity contribution in [2.75, 3.05) is 18.4 Å². The number of amides is 1. The molecule has 0 spiro atoms. The van der Waals surface area contributed by atoms with E-state index < -0.39 is 16.1 Å². The van der Waals surface area contributed by atoms with Gasteiger partial charge in [-0.3, -0.25) is 10.1 Å². The van der Waals surface area contributed by atoms with Crippen molar-refractivity contribution < 1.29 is 17.6 Å². The molecule has 1 aliphatic heterocycles. The van der Waals surface area contributed by atoms with Crippen LogP contribution in [-0.2, 0) is 21.4 Å². The number of carbonyl (C=O) groups is 1. The Bertz CT molecular complexity index is 826. The van der Waals surface area contributed by atoms with E-state index in [1.807, 2.05) is 6.07 Å². The minimum Gasteiger partial charge on any atom is -0.468 e. The van der Waals surface area contributed by atoms with Gasteiger partial charge >= 0.3 is 0 Å². The molecule has 1 atom stereocenters. The summed E-state index contributed by atoms with van der Waals surface area (Å²) >= 11 is 0. The number of anilines is 1. The first-order valence-electron chi connectivity index (χ1n) is 8.63. The highest BCUT2D eigenvalue weighted by molar-refractivity contribution is 7.89. The molecule has 1 unspecified atom stereocenters. The molecule has 1 aliphatic rings. The van der Waals surface area contributed by atoms with Crippen LogP contribution in [0.2, 0.25) is 0 Å². The summed E-state index contributed by atoms with van der Waals surface area (Å²) in [6, 6.07) is 9.48. The second-order valence-electron chi connectivity index (χ2n) is 6.31. The highest BCUT2D eigenvalue weighted by atomic mass is 32.2. The van der Waals surface area contributed by atoms with Gasteiger partial charge < -0.3 is 9.73 Å². The van der Waals surface area contributed by atoms with Crippen LogP contribution in [0.3, 0.4) is 0 Å². The van der Waals surface area contributed by atoms with E-state index >= 15 is 0 Å². The first-order chi connectivity index (χ1) is 12.5. The van der Waals surface area contributed by atoms with Crippen molar-refractivity contribution in [3.8, 4) is 0 Å². The fourth-order valence-corrected chi connectivity index (χ4v) is 4.31. The molecule has 1 fully saturated rings. The Morgan fingerprint density at radius 2 is 1.88 bits per heavy atom. The molecule has 3 rings (SSSR count). The van der Waals surface area contributed by atoms with Crippen LogP contribution in [0.5, 0.6) is 0 Å². The van der Waals surface area contributed by atoms with Gasteiger partial charge in [0.1, 0.15) is 5.76 Å². The number of nitrogens with one attached hydrogen (secondary N) is 2. The van der Waals surface area contributed by atoms with Crippen LogP contribution < -0.4 is 10.6 Å². The van der Waals surface area contributed by atoms with E-state index in [1.165, 1.54) is 16.4 Å². The van der Waals surface area contributed by atoms with Gasteiger partial charge in [-0.2, -0.15) is 4.31 Å². The second-order valence-corrected chi connectivity index (χ2v) is 8.24. The molecule has 8 heteroatoms. The molecular formula is C18H23N3O4S. The number of sulfonamides is 1. The lowest BCUT2D eigenvalue weighted by Gasteiger charge is -2.16. The Kier molecular flexibility index (Phi) is 5.75. The molecule has 2 heterocycles. The molecule has 1 amide bonds. The Balaban J connectivity index is 1.57. The first kappa shape index (κ1) is 18.6. The van der Waals surface area contributed by atoms with Crippen molar-refractivity contribution in [1.29, 1.82) is 0 Å². The summed E-state index contributed by atoms with van der Waals surface area (Å²) in [5, 5.41) is 5.85. The van der Waals surface area contributed by atoms with Crippen molar-refractivity contribution in [3.63, 3.8) is 0 Å². The summed E-state index contributed by atoms with van der Waals surface area (Å²) in [6.07, 6.45) is 3.38. The Morgan fingerprint density at radius 3 is 2.50 bits per heavy atom. The summed E-state index contributed by atoms with van der Waals surface area (Å²) in [6.45, 7) is 3.35. The van der Waals surface area contributed by atoms with Crippen LogP contribution in [0, 0.1) is 0 Å². The van der Waals surface area contributed by atoms with Gasteiger partial charge in [-0.15, -0.1) is 0 Å². The standard InChI is InChI=1S/C18H23N3O4S/c1-14(19-13-16-5-4-12-25-16)18(22)20-15-6-8-17(9-7-15)26(23,24)21-10-2-3-11-21/h4-9,12,14,19H,2-3,10-11,13H2,1H3,(H,20,22). The molecule has 1 aromatic heterocycles. The van der Waals surface area contributed by atoms with Gasteiger partial charge in [0, 0.05) is 18.8 Å². The molecule has 2 N–H and O–H groups in total. The Labute approximate surface area is 153 Å². The smallest absolute Gasteiger partial charge is 0.243 e. The number of rotatable bonds is 7. The van der Waals surface area contributed by atoms with Gasteiger partial charge in [-0.25, -0.2) is 8.42 Å². The minimum absolute atomic E-state index is 0.202. The summed E-state index contributed by atoms with van der Waals surface area (Å²) < 4.78 is 31.7. The Morgan fingerprint density at radius 1 is 1.19 bits per heavy atom. The summed E-state index contributed by atoms with van der Waals surface area (Å²) in [4.78, 5) is 12.5. The van der Waals surface area contributed by atoms with Gasteiger partial charge in [-0.1, -0.05) is 0 Å². The van der Waals surface area contributed by atoms with Gasteiger partial charge in [-0.05, 0) is 56.2 Å². The second kappa shape index (κ2) is 8.03. The zero-order valence-corrected chi connectivity index (χ0v) is 15.5. The zero-order valence-electron chi connectivity index (χ0n) is 14.6. The zero-order chi connectivity index (χ0) is 18.6. The maximum atomic E-state index is 12.5. The van der Waals surface area contributed by atoms with Gasteiger partial charge in [0.05, 0.1) is 23.7 Å². The quantitative estimate of drug-likeness (QED) is 0.772. The molecule has 1 saturated heterocycles. The molecule has 2 aromatic rings. The third-order valence-corrected chi connectivity index (χ3v) is 6.29. The van der Waals surface area contributed by atoms with Crippen LogP contribution >= 0.6 is 0 Å². The lowest BCUT2D eigenvalue weighted by Crippen LogP contribution is -2.37. The van der Waals surface area contributed by atoms with Crippen LogP contribution in [0.15, 0.2) is 52.0 Å². The van der Waals surface area contributed by atoms with Crippen molar-refractivity contribution in [1.82, 2.24) is 9.62 Å². The number of carbonyl (C=O) groups excluding carboxylic acids is 1. The average Bonchev–Trinajstić information content (AvgIpc) is 3.34. The van der Waals surface area contributed by atoms with Crippen molar-refractivity contribution >= 4 is 21.6 Å². The topological polar surface area (TPSA) is 91.6 Å². The minimum atomic E-state index is -3.44. The van der Waals surface area contributed by atoms with E-state index in [0.717, 1.165) is 18.6 Å². The SMILES string of the molecule is CC(NCc1ccco1)C(=O)Nc1ccc(S(=O)(=O)N2CCCC2)cc1. The lowest BCUT2D eigenvalue weighted by molar-refractivity contribution is -0.117. The van der Waals surface area contributed by atoms with Gasteiger partial charge in [0.25, 0.3) is 0 Å². The molecule has 26 heavy (non-hydrogen) atoms. The van der Waals surface area contributed by atoms with Gasteiger partial charge in [0.15, 0.2) is 0 Å². The van der Waals surface area contributed by atoms with E-state index in [9.17, 15) is 13.2 Å². The summed E-state index contributed by atoms with van der Waals surface area (Å²) in [5.74, 6) is 0.549. The average molecular weight is 377 g/mol. The molecule has 0 aliphatic carbocycles. The van der Waals surface area contributed by atoms with Gasteiger partial charge in [0.2, 0.25) is 15.9 Å². The van der Waals surface area contributed by atoms with E-state index in [0.29, 0.717) is 25.3 Å². The molecule has 7 nitrogen and oxygen atoms in total. The largest absolute Gasteiger partial charge is 0.468 e. The van der Waals surface area contributed by atoms with Crippen LogP contribution in [0.4, 0.5) is 5.69 Å². The van der Waals surface area contributed by atoms with Crippen LogP contribution in [-0.4, -0.2) is 37.8 Å². The highest BCUT2D eigenvalue weighted by Gasteiger charge is 2.27. The van der Waals surface area contributed by atoms with E-state index in [1.54, 1.807) is 31.4 Å². The van der Waals surface area contributed by atoms with Crippen molar-refractivity contribution in [3.05, 3.63) is 48.4 Å². The van der Waals surface area contributed by atoms with E-state index in [-0.39, 0.29) is 10.8 Å². The van der Waals surface area contributed by atoms with Crippen LogP contribution in [0.1, 0.15) is 25.5 Å². The van der Waals surface area contributed by atoms with Crippen LogP contribution in [0.25, 0.3) is 0 Å². The maximum absolute atomic E-state index is 12.5.